The fraction of sp³-hybridized carbons (Fsp3) is 0.417. The van der Waals surface area contributed by atoms with Gasteiger partial charge in [0.2, 0.25) is 0 Å². The molecular weight excluding hydrogens is 250 g/mol. The Balaban J connectivity index is 2.43. The van der Waals surface area contributed by atoms with E-state index in [0.29, 0.717) is 16.7 Å². The van der Waals surface area contributed by atoms with Crippen LogP contribution < -0.4 is 5.73 Å². The molecule has 0 aliphatic carbocycles. The second-order valence-electron chi connectivity index (χ2n) is 5.36. The Labute approximate surface area is 111 Å². The van der Waals surface area contributed by atoms with Crippen molar-refractivity contribution < 1.29 is 0 Å². The number of anilines is 1. The molecule has 6 heteroatoms. The monoisotopic (exact) mass is 265 g/mol. The number of nitrogen functional groups attached to an aromatic ring is 1. The van der Waals surface area contributed by atoms with E-state index in [0.717, 1.165) is 12.1 Å². The van der Waals surface area contributed by atoms with Crippen LogP contribution in [0.5, 0.6) is 0 Å². The minimum Gasteiger partial charge on any atom is -0.382 e. The fourth-order valence-corrected chi connectivity index (χ4v) is 1.84. The Morgan fingerprint density at radius 3 is 2.67 bits per heavy atom. The summed E-state index contributed by atoms with van der Waals surface area (Å²) in [5.41, 5.74) is 6.85. The van der Waals surface area contributed by atoms with Gasteiger partial charge >= 0.3 is 0 Å². The van der Waals surface area contributed by atoms with Crippen LogP contribution >= 0.6 is 11.6 Å². The van der Waals surface area contributed by atoms with E-state index in [-0.39, 0.29) is 5.41 Å². The highest BCUT2D eigenvalue weighted by atomic mass is 35.5. The van der Waals surface area contributed by atoms with Crippen LogP contribution in [0.25, 0.3) is 5.82 Å². The Morgan fingerprint density at radius 2 is 2.11 bits per heavy atom. The Morgan fingerprint density at radius 1 is 1.39 bits per heavy atom. The van der Waals surface area contributed by atoms with E-state index in [1.54, 1.807) is 16.9 Å². The predicted molar refractivity (Wildman–Crippen MR) is 71.7 cm³/mol. The molecule has 0 unspecified atom stereocenters. The van der Waals surface area contributed by atoms with Gasteiger partial charge in [0.15, 0.2) is 5.82 Å². The van der Waals surface area contributed by atoms with Crippen LogP contribution in [0.15, 0.2) is 18.6 Å². The second kappa shape index (κ2) is 4.57. The first-order valence-electron chi connectivity index (χ1n) is 5.68. The average molecular weight is 266 g/mol. The van der Waals surface area contributed by atoms with E-state index >= 15 is 0 Å². The summed E-state index contributed by atoms with van der Waals surface area (Å²) in [6.07, 6.45) is 3.85. The molecule has 0 aliphatic heterocycles. The molecule has 18 heavy (non-hydrogen) atoms. The smallest absolute Gasteiger partial charge is 0.159 e. The van der Waals surface area contributed by atoms with Gasteiger partial charge in [-0.3, -0.25) is 0 Å². The van der Waals surface area contributed by atoms with Crippen molar-refractivity contribution in [3.63, 3.8) is 0 Å². The maximum atomic E-state index is 6.22. The maximum absolute atomic E-state index is 6.22. The lowest BCUT2D eigenvalue weighted by Gasteiger charge is -2.16. The van der Waals surface area contributed by atoms with Gasteiger partial charge in [0, 0.05) is 12.3 Å². The molecule has 0 amide bonds. The average Bonchev–Trinajstić information content (AvgIpc) is 2.57. The summed E-state index contributed by atoms with van der Waals surface area (Å²) < 4.78 is 1.55. The summed E-state index contributed by atoms with van der Waals surface area (Å²) in [6.45, 7) is 6.38. The van der Waals surface area contributed by atoms with Crippen molar-refractivity contribution in [1.29, 1.82) is 0 Å². The topological polar surface area (TPSA) is 69.6 Å². The molecule has 0 atom stereocenters. The highest BCUT2D eigenvalue weighted by Crippen LogP contribution is 2.30. The zero-order valence-electron chi connectivity index (χ0n) is 10.7. The van der Waals surface area contributed by atoms with Gasteiger partial charge in [-0.25, -0.2) is 9.97 Å². The van der Waals surface area contributed by atoms with Crippen LogP contribution in [0.2, 0.25) is 5.02 Å². The van der Waals surface area contributed by atoms with Gasteiger partial charge in [-0.1, -0.05) is 32.4 Å². The van der Waals surface area contributed by atoms with Crippen LogP contribution in [0.3, 0.4) is 0 Å². The third kappa shape index (κ3) is 2.61. The molecule has 2 aromatic heterocycles. The van der Waals surface area contributed by atoms with Gasteiger partial charge in [-0.05, 0) is 11.8 Å². The molecule has 2 aromatic rings. The quantitative estimate of drug-likeness (QED) is 0.906. The molecule has 0 bridgehead atoms. The predicted octanol–water partition coefficient (Wildman–Crippen LogP) is 2.49. The third-order valence-electron chi connectivity index (χ3n) is 2.41. The van der Waals surface area contributed by atoms with Crippen molar-refractivity contribution in [2.24, 2.45) is 5.41 Å². The molecular formula is C12H16ClN5. The van der Waals surface area contributed by atoms with Gasteiger partial charge in [0.05, 0.1) is 5.69 Å². The van der Waals surface area contributed by atoms with Crippen molar-refractivity contribution in [1.82, 2.24) is 19.7 Å². The molecule has 2 heterocycles. The second-order valence-corrected chi connectivity index (χ2v) is 5.74. The summed E-state index contributed by atoms with van der Waals surface area (Å²) in [5, 5.41) is 4.94. The minimum atomic E-state index is 0.0982. The third-order valence-corrected chi connectivity index (χ3v) is 2.82. The van der Waals surface area contributed by atoms with Crippen LogP contribution in [0.1, 0.15) is 26.5 Å². The standard InChI is InChI=1S/C12H16ClN5/c1-12(2,3)6-8-10(13)11(14)18(17-8)9-4-5-15-7-16-9/h4-5,7H,6,14H2,1-3H3. The van der Waals surface area contributed by atoms with Crippen LogP contribution in [0, 0.1) is 5.41 Å². The summed E-state index contributed by atoms with van der Waals surface area (Å²) >= 11 is 6.22. The van der Waals surface area contributed by atoms with Gasteiger partial charge < -0.3 is 5.73 Å². The zero-order valence-corrected chi connectivity index (χ0v) is 11.4. The van der Waals surface area contributed by atoms with Gasteiger partial charge in [0.25, 0.3) is 0 Å². The van der Waals surface area contributed by atoms with E-state index in [1.165, 1.54) is 6.33 Å². The van der Waals surface area contributed by atoms with E-state index in [1.807, 2.05) is 0 Å². The molecule has 0 fully saturated rings. The summed E-state index contributed by atoms with van der Waals surface area (Å²) in [6, 6.07) is 1.74. The van der Waals surface area contributed by atoms with Gasteiger partial charge in [0.1, 0.15) is 17.2 Å². The van der Waals surface area contributed by atoms with Crippen molar-refractivity contribution in [3.8, 4) is 5.82 Å². The van der Waals surface area contributed by atoms with Crippen molar-refractivity contribution in [2.75, 3.05) is 5.73 Å². The lowest BCUT2D eigenvalue weighted by atomic mass is 9.91. The number of hydrogen-bond acceptors (Lipinski definition) is 4. The minimum absolute atomic E-state index is 0.0982. The number of aromatic nitrogens is 4. The molecule has 0 aliphatic rings. The number of rotatable bonds is 2. The van der Waals surface area contributed by atoms with Crippen LogP contribution in [-0.2, 0) is 6.42 Å². The number of hydrogen-bond donors (Lipinski definition) is 1. The van der Waals surface area contributed by atoms with E-state index in [9.17, 15) is 0 Å². The Hall–Kier alpha value is -1.62. The molecule has 0 spiro atoms. The number of nitrogens with zero attached hydrogens (tertiary/aromatic N) is 4. The molecule has 0 saturated carbocycles. The first kappa shape index (κ1) is 12.8. The van der Waals surface area contributed by atoms with E-state index in [2.05, 4.69) is 35.8 Å². The summed E-state index contributed by atoms with van der Waals surface area (Å²) in [5.74, 6) is 1.03. The lowest BCUT2D eigenvalue weighted by molar-refractivity contribution is 0.405. The highest BCUT2D eigenvalue weighted by molar-refractivity contribution is 6.33. The first-order valence-corrected chi connectivity index (χ1v) is 6.05. The van der Waals surface area contributed by atoms with Crippen LogP contribution in [-0.4, -0.2) is 19.7 Å². The maximum Gasteiger partial charge on any atom is 0.159 e. The van der Waals surface area contributed by atoms with Crippen molar-refractivity contribution in [3.05, 3.63) is 29.3 Å². The fourth-order valence-electron chi connectivity index (χ4n) is 1.66. The number of nitrogens with two attached hydrogens (primary N) is 1. The molecule has 2 rings (SSSR count). The molecule has 0 aromatic carbocycles. The Kier molecular flexibility index (Phi) is 3.26. The van der Waals surface area contributed by atoms with Crippen LogP contribution in [0.4, 0.5) is 5.82 Å². The van der Waals surface area contributed by atoms with E-state index < -0.39 is 0 Å². The largest absolute Gasteiger partial charge is 0.382 e. The molecule has 96 valence electrons. The Bertz CT molecular complexity index is 542. The molecule has 0 saturated heterocycles. The van der Waals surface area contributed by atoms with Gasteiger partial charge in [-0.2, -0.15) is 9.78 Å². The van der Waals surface area contributed by atoms with E-state index in [4.69, 9.17) is 17.3 Å². The first-order chi connectivity index (χ1) is 8.38. The summed E-state index contributed by atoms with van der Waals surface area (Å²) in [7, 11) is 0. The molecule has 0 radical (unpaired) electrons. The molecule has 2 N–H and O–H groups in total. The SMILES string of the molecule is CC(C)(C)Cc1nn(-c2ccncn2)c(N)c1Cl. The molecule has 5 nitrogen and oxygen atoms in total. The highest BCUT2D eigenvalue weighted by Gasteiger charge is 2.20. The summed E-state index contributed by atoms with van der Waals surface area (Å²) in [4.78, 5) is 7.97. The lowest BCUT2D eigenvalue weighted by Crippen LogP contribution is -2.10. The normalized spacial score (nSPS) is 11.8. The number of halogens is 1. The van der Waals surface area contributed by atoms with Crippen molar-refractivity contribution >= 4 is 17.4 Å². The van der Waals surface area contributed by atoms with Gasteiger partial charge in [-0.15, -0.1) is 0 Å². The van der Waals surface area contributed by atoms with Crippen molar-refractivity contribution in [2.45, 2.75) is 27.2 Å². The zero-order chi connectivity index (χ0) is 13.3.